The van der Waals surface area contributed by atoms with Crippen molar-refractivity contribution in [3.8, 4) is 5.75 Å². The second-order valence-corrected chi connectivity index (χ2v) is 5.12. The first kappa shape index (κ1) is 17.3. The molecule has 2 N–H and O–H groups in total. The molecule has 0 heterocycles. The van der Waals surface area contributed by atoms with E-state index in [1.807, 2.05) is 24.3 Å². The van der Waals surface area contributed by atoms with Gasteiger partial charge in [-0.3, -0.25) is 0 Å². The Morgan fingerprint density at radius 3 is 2.30 bits per heavy atom. The van der Waals surface area contributed by atoms with E-state index in [9.17, 15) is 18.3 Å². The van der Waals surface area contributed by atoms with Crippen LogP contribution in [0.3, 0.4) is 0 Å². The molecule has 6 heteroatoms. The Kier molecular flexibility index (Phi) is 5.63. The minimum absolute atomic E-state index is 0.0833. The largest absolute Gasteiger partial charge is 0.573 e. The maximum Gasteiger partial charge on any atom is 0.573 e. The predicted molar refractivity (Wildman–Crippen MR) is 80.7 cm³/mol. The van der Waals surface area contributed by atoms with Crippen molar-refractivity contribution in [3.05, 3.63) is 65.2 Å². The maximum atomic E-state index is 12.5. The Bertz CT molecular complexity index is 644. The van der Waals surface area contributed by atoms with Crippen LogP contribution in [0.15, 0.2) is 48.5 Å². The summed E-state index contributed by atoms with van der Waals surface area (Å²) in [6.07, 6.45) is -4.72. The van der Waals surface area contributed by atoms with E-state index in [4.69, 9.17) is 0 Å². The lowest BCUT2D eigenvalue weighted by atomic mass is 10.1. The second kappa shape index (κ2) is 7.48. The molecule has 23 heavy (non-hydrogen) atoms. The molecule has 0 amide bonds. The van der Waals surface area contributed by atoms with Crippen LogP contribution in [-0.2, 0) is 13.2 Å². The number of nitrogens with one attached hydrogen (secondary N) is 1. The van der Waals surface area contributed by atoms with Crippen LogP contribution >= 0.6 is 0 Å². The normalized spacial score (nSPS) is 12.9. The van der Waals surface area contributed by atoms with Gasteiger partial charge in [0, 0.05) is 18.2 Å². The van der Waals surface area contributed by atoms with Crippen LogP contribution < -0.4 is 10.1 Å². The summed E-state index contributed by atoms with van der Waals surface area (Å²) in [5.74, 6) is -0.213. The molecule has 0 aliphatic rings. The Balaban J connectivity index is 2.10. The highest BCUT2D eigenvalue weighted by Gasteiger charge is 2.32. The Hall–Kier alpha value is -2.05. The first-order valence-electron chi connectivity index (χ1n) is 7.16. The molecule has 3 nitrogen and oxygen atoms in total. The fourth-order valence-electron chi connectivity index (χ4n) is 2.31. The zero-order valence-corrected chi connectivity index (χ0v) is 12.6. The molecule has 0 aliphatic heterocycles. The molecule has 0 spiro atoms. The van der Waals surface area contributed by atoms with Crippen molar-refractivity contribution in [2.75, 3.05) is 0 Å². The molecule has 0 saturated carbocycles. The van der Waals surface area contributed by atoms with Gasteiger partial charge in [-0.2, -0.15) is 0 Å². The number of para-hydroxylation sites is 1. The summed E-state index contributed by atoms with van der Waals surface area (Å²) in [5, 5.41) is 12.5. The first-order valence-corrected chi connectivity index (χ1v) is 7.16. The van der Waals surface area contributed by atoms with Gasteiger partial charge < -0.3 is 15.2 Å². The van der Waals surface area contributed by atoms with Gasteiger partial charge in [-0.15, -0.1) is 13.2 Å². The van der Waals surface area contributed by atoms with Gasteiger partial charge >= 0.3 is 6.36 Å². The monoisotopic (exact) mass is 325 g/mol. The fourth-order valence-corrected chi connectivity index (χ4v) is 2.31. The van der Waals surface area contributed by atoms with Crippen LogP contribution in [0.4, 0.5) is 13.2 Å². The van der Waals surface area contributed by atoms with E-state index in [1.54, 1.807) is 19.1 Å². The molecule has 0 aliphatic carbocycles. The quantitative estimate of drug-likeness (QED) is 0.845. The van der Waals surface area contributed by atoms with Gasteiger partial charge in [0.2, 0.25) is 0 Å². The number of rotatable bonds is 6. The molecule has 2 aromatic carbocycles. The zero-order valence-electron chi connectivity index (χ0n) is 12.6. The van der Waals surface area contributed by atoms with Crippen molar-refractivity contribution >= 4 is 0 Å². The molecule has 2 aromatic rings. The minimum Gasteiger partial charge on any atom is -0.405 e. The minimum atomic E-state index is -4.72. The van der Waals surface area contributed by atoms with E-state index in [0.717, 1.165) is 11.1 Å². The summed E-state index contributed by atoms with van der Waals surface area (Å²) >= 11 is 0. The van der Waals surface area contributed by atoms with Gasteiger partial charge in [0.15, 0.2) is 0 Å². The standard InChI is InChI=1S/C17H18F3NO2/c1-12(21-10-13-6-2-3-7-14(13)11-22)15-8-4-5-9-16(15)23-17(18,19)20/h2-9,12,21-22H,10-11H2,1H3. The van der Waals surface area contributed by atoms with Crippen molar-refractivity contribution in [1.29, 1.82) is 0 Å². The van der Waals surface area contributed by atoms with Crippen molar-refractivity contribution in [2.45, 2.75) is 32.5 Å². The van der Waals surface area contributed by atoms with Crippen LogP contribution in [0.2, 0.25) is 0 Å². The Labute approximate surface area is 132 Å². The highest BCUT2D eigenvalue weighted by atomic mass is 19.4. The molecule has 0 saturated heterocycles. The molecule has 0 aromatic heterocycles. The third-order valence-corrected chi connectivity index (χ3v) is 3.50. The van der Waals surface area contributed by atoms with Crippen LogP contribution in [-0.4, -0.2) is 11.5 Å². The van der Waals surface area contributed by atoms with E-state index in [0.29, 0.717) is 12.1 Å². The van der Waals surface area contributed by atoms with Crippen molar-refractivity contribution in [3.63, 3.8) is 0 Å². The third kappa shape index (κ3) is 4.97. The average molecular weight is 325 g/mol. The summed E-state index contributed by atoms with van der Waals surface area (Å²) < 4.78 is 41.5. The van der Waals surface area contributed by atoms with Crippen LogP contribution in [0.1, 0.15) is 29.7 Å². The third-order valence-electron chi connectivity index (χ3n) is 3.50. The van der Waals surface area contributed by atoms with Crippen LogP contribution in [0, 0.1) is 0 Å². The number of hydrogen-bond acceptors (Lipinski definition) is 3. The van der Waals surface area contributed by atoms with Gasteiger partial charge in [-0.05, 0) is 24.1 Å². The number of benzene rings is 2. The number of halogens is 3. The lowest BCUT2D eigenvalue weighted by Gasteiger charge is -2.19. The highest BCUT2D eigenvalue weighted by Crippen LogP contribution is 2.30. The number of aliphatic hydroxyl groups excluding tert-OH is 1. The molecule has 1 atom stereocenters. The Morgan fingerprint density at radius 1 is 1.04 bits per heavy atom. The van der Waals surface area contributed by atoms with E-state index in [-0.39, 0.29) is 18.4 Å². The maximum absolute atomic E-state index is 12.5. The zero-order chi connectivity index (χ0) is 16.9. The summed E-state index contributed by atoms with van der Waals surface area (Å²) in [6.45, 7) is 2.11. The van der Waals surface area contributed by atoms with Gasteiger partial charge in [0.1, 0.15) is 5.75 Å². The topological polar surface area (TPSA) is 41.5 Å². The van der Waals surface area contributed by atoms with Crippen LogP contribution in [0.5, 0.6) is 5.75 Å². The van der Waals surface area contributed by atoms with E-state index < -0.39 is 6.36 Å². The summed E-state index contributed by atoms with van der Waals surface area (Å²) in [6, 6.07) is 13.1. The van der Waals surface area contributed by atoms with Gasteiger partial charge in [-0.25, -0.2) is 0 Å². The fraction of sp³-hybridized carbons (Fsp3) is 0.294. The van der Waals surface area contributed by atoms with Crippen LogP contribution in [0.25, 0.3) is 0 Å². The van der Waals surface area contributed by atoms with E-state index >= 15 is 0 Å². The summed E-state index contributed by atoms with van der Waals surface area (Å²) in [7, 11) is 0. The second-order valence-electron chi connectivity index (χ2n) is 5.12. The Morgan fingerprint density at radius 2 is 1.65 bits per heavy atom. The molecule has 2 rings (SSSR count). The average Bonchev–Trinajstić information content (AvgIpc) is 2.52. The van der Waals surface area contributed by atoms with Gasteiger partial charge in [0.25, 0.3) is 0 Å². The van der Waals surface area contributed by atoms with E-state index in [2.05, 4.69) is 10.1 Å². The van der Waals surface area contributed by atoms with E-state index in [1.165, 1.54) is 12.1 Å². The molecular formula is C17H18F3NO2. The summed E-state index contributed by atoms with van der Waals surface area (Å²) in [4.78, 5) is 0. The predicted octanol–water partition coefficient (Wildman–Crippen LogP) is 3.93. The lowest BCUT2D eigenvalue weighted by molar-refractivity contribution is -0.275. The molecule has 0 fully saturated rings. The number of hydrogen-bond donors (Lipinski definition) is 2. The van der Waals surface area contributed by atoms with Gasteiger partial charge in [0.05, 0.1) is 6.61 Å². The summed E-state index contributed by atoms with van der Waals surface area (Å²) in [5.41, 5.74) is 2.11. The molecular weight excluding hydrogens is 307 g/mol. The smallest absolute Gasteiger partial charge is 0.405 e. The van der Waals surface area contributed by atoms with Crippen molar-refractivity contribution in [1.82, 2.24) is 5.32 Å². The number of aliphatic hydroxyl groups is 1. The first-order chi connectivity index (χ1) is 10.9. The molecule has 0 bridgehead atoms. The van der Waals surface area contributed by atoms with Crippen molar-refractivity contribution in [2.24, 2.45) is 0 Å². The molecule has 0 radical (unpaired) electrons. The number of alkyl halides is 3. The molecule has 124 valence electrons. The van der Waals surface area contributed by atoms with Gasteiger partial charge in [-0.1, -0.05) is 42.5 Å². The van der Waals surface area contributed by atoms with Crippen molar-refractivity contribution < 1.29 is 23.0 Å². The number of ether oxygens (including phenoxy) is 1. The molecule has 1 unspecified atom stereocenters. The SMILES string of the molecule is CC(NCc1ccccc1CO)c1ccccc1OC(F)(F)F. The lowest BCUT2D eigenvalue weighted by Crippen LogP contribution is -2.22. The highest BCUT2D eigenvalue weighted by molar-refractivity contribution is 5.36.